The zero-order valence-electron chi connectivity index (χ0n) is 17.1. The molecule has 1 aliphatic carbocycles. The molecule has 0 heterocycles. The van der Waals surface area contributed by atoms with Gasteiger partial charge in [0.25, 0.3) is 5.69 Å². The molecule has 0 aromatic heterocycles. The molecule has 1 amide bonds. The number of amides is 1. The summed E-state index contributed by atoms with van der Waals surface area (Å²) in [6.07, 6.45) is -0.237. The quantitative estimate of drug-likeness (QED) is 0.268. The normalized spacial score (nSPS) is 11.6. The van der Waals surface area contributed by atoms with Crippen molar-refractivity contribution < 1.29 is 19.6 Å². The summed E-state index contributed by atoms with van der Waals surface area (Å²) < 4.78 is 5.45. The highest BCUT2D eigenvalue weighted by atomic mass is 16.6. The summed E-state index contributed by atoms with van der Waals surface area (Å²) in [5.74, 6) is 5.33. The number of phenolic OH excluding ortho intramolecular Hbond substituents is 1. The molecule has 7 heteroatoms. The van der Waals surface area contributed by atoms with E-state index in [0.29, 0.717) is 6.42 Å². The molecule has 1 aliphatic rings. The Kier molecular flexibility index (Phi) is 6.04. The molecule has 0 aliphatic heterocycles. The fourth-order valence-electron chi connectivity index (χ4n) is 3.77. The van der Waals surface area contributed by atoms with E-state index in [2.05, 4.69) is 41.4 Å². The van der Waals surface area contributed by atoms with Gasteiger partial charge in [0.2, 0.25) is 0 Å². The number of nitro benzene ring substituents is 1. The number of carbonyl (C=O) groups is 1. The number of nitro groups is 1. The van der Waals surface area contributed by atoms with Crippen LogP contribution in [0.5, 0.6) is 5.75 Å². The van der Waals surface area contributed by atoms with E-state index in [4.69, 9.17) is 4.74 Å². The summed E-state index contributed by atoms with van der Waals surface area (Å²) in [7, 11) is 0. The SMILES string of the molecule is O=C(NCCC#Cc1cc([N+](=O)[O-])ccc1O)OCC1c2ccccc2-c2ccccc21. The maximum Gasteiger partial charge on any atom is 0.407 e. The second-order valence-electron chi connectivity index (χ2n) is 7.26. The van der Waals surface area contributed by atoms with Gasteiger partial charge in [-0.2, -0.15) is 0 Å². The first-order valence-corrected chi connectivity index (χ1v) is 10.1. The minimum absolute atomic E-state index is 0.00946. The molecule has 0 saturated heterocycles. The van der Waals surface area contributed by atoms with Crippen LogP contribution < -0.4 is 5.32 Å². The predicted octanol–water partition coefficient (Wildman–Crippen LogP) is 4.58. The smallest absolute Gasteiger partial charge is 0.407 e. The van der Waals surface area contributed by atoms with Crippen LogP contribution in [0.25, 0.3) is 11.1 Å². The number of ether oxygens (including phenoxy) is 1. The molecule has 160 valence electrons. The van der Waals surface area contributed by atoms with Crippen molar-refractivity contribution >= 4 is 11.8 Å². The van der Waals surface area contributed by atoms with Crippen molar-refractivity contribution in [3.63, 3.8) is 0 Å². The monoisotopic (exact) mass is 428 g/mol. The molecule has 0 unspecified atom stereocenters. The van der Waals surface area contributed by atoms with Crippen LogP contribution in [-0.2, 0) is 4.74 Å². The number of alkyl carbamates (subject to hydrolysis) is 1. The molecule has 2 N–H and O–H groups in total. The van der Waals surface area contributed by atoms with Crippen molar-refractivity contribution in [2.24, 2.45) is 0 Å². The van der Waals surface area contributed by atoms with E-state index in [9.17, 15) is 20.0 Å². The third-order valence-corrected chi connectivity index (χ3v) is 5.28. The standard InChI is InChI=1S/C25H20N2O5/c28-24-13-12-18(27(30)31)15-17(24)7-5-6-14-26-25(29)32-16-23-21-10-3-1-8-19(21)20-9-2-4-11-22(20)23/h1-4,8-13,15,23,28H,6,14,16H2,(H,26,29). The molecule has 4 rings (SSSR count). The Morgan fingerprint density at radius 2 is 1.72 bits per heavy atom. The number of rotatable bonds is 5. The van der Waals surface area contributed by atoms with E-state index in [-0.39, 0.29) is 36.1 Å². The van der Waals surface area contributed by atoms with Crippen molar-refractivity contribution in [3.05, 3.63) is 93.5 Å². The molecule has 3 aromatic carbocycles. The van der Waals surface area contributed by atoms with Gasteiger partial charge in [-0.15, -0.1) is 0 Å². The van der Waals surface area contributed by atoms with Gasteiger partial charge in [0.05, 0.1) is 10.5 Å². The number of carbonyl (C=O) groups excluding carboxylic acids is 1. The first kappa shape index (κ1) is 20.9. The average Bonchev–Trinajstić information content (AvgIpc) is 3.12. The number of benzene rings is 3. The van der Waals surface area contributed by atoms with Crippen molar-refractivity contribution in [1.82, 2.24) is 5.32 Å². The van der Waals surface area contributed by atoms with Crippen molar-refractivity contribution in [1.29, 1.82) is 0 Å². The maximum absolute atomic E-state index is 12.1. The van der Waals surface area contributed by atoms with E-state index in [1.807, 2.05) is 24.3 Å². The van der Waals surface area contributed by atoms with Crippen LogP contribution >= 0.6 is 0 Å². The lowest BCUT2D eigenvalue weighted by Crippen LogP contribution is -2.26. The maximum atomic E-state index is 12.1. The summed E-state index contributed by atoms with van der Waals surface area (Å²) >= 11 is 0. The third kappa shape index (κ3) is 4.40. The van der Waals surface area contributed by atoms with E-state index in [1.54, 1.807) is 0 Å². The summed E-state index contributed by atoms with van der Waals surface area (Å²) in [5, 5.41) is 23.2. The van der Waals surface area contributed by atoms with E-state index < -0.39 is 11.0 Å². The number of phenols is 1. The number of hydrogen-bond acceptors (Lipinski definition) is 5. The Morgan fingerprint density at radius 3 is 2.38 bits per heavy atom. The molecule has 0 saturated carbocycles. The zero-order valence-corrected chi connectivity index (χ0v) is 17.1. The van der Waals surface area contributed by atoms with Crippen molar-refractivity contribution in [3.8, 4) is 28.7 Å². The van der Waals surface area contributed by atoms with Crippen molar-refractivity contribution in [2.75, 3.05) is 13.2 Å². The molecule has 0 bridgehead atoms. The number of non-ortho nitro benzene ring substituents is 1. The highest BCUT2D eigenvalue weighted by Crippen LogP contribution is 2.44. The predicted molar refractivity (Wildman–Crippen MR) is 119 cm³/mol. The Balaban J connectivity index is 1.30. The fourth-order valence-corrected chi connectivity index (χ4v) is 3.77. The Morgan fingerprint density at radius 1 is 1.06 bits per heavy atom. The molecule has 32 heavy (non-hydrogen) atoms. The molecular weight excluding hydrogens is 408 g/mol. The summed E-state index contributed by atoms with van der Waals surface area (Å²) in [6.45, 7) is 0.479. The Bertz CT molecular complexity index is 1200. The highest BCUT2D eigenvalue weighted by Gasteiger charge is 2.28. The van der Waals surface area contributed by atoms with Gasteiger partial charge >= 0.3 is 6.09 Å². The van der Waals surface area contributed by atoms with Crippen LogP contribution in [0.1, 0.15) is 29.0 Å². The molecule has 0 fully saturated rings. The molecule has 0 atom stereocenters. The largest absolute Gasteiger partial charge is 0.507 e. The number of aromatic hydroxyl groups is 1. The van der Waals surface area contributed by atoms with Crippen LogP contribution in [0, 0.1) is 22.0 Å². The summed E-state index contributed by atoms with van der Waals surface area (Å²) in [4.78, 5) is 22.4. The van der Waals surface area contributed by atoms with Gasteiger partial charge in [-0.05, 0) is 28.3 Å². The van der Waals surface area contributed by atoms with E-state index in [1.165, 1.54) is 18.2 Å². The van der Waals surface area contributed by atoms with Gasteiger partial charge in [0.15, 0.2) is 0 Å². The van der Waals surface area contributed by atoms with Gasteiger partial charge in [-0.1, -0.05) is 60.4 Å². The molecule has 3 aromatic rings. The number of nitrogens with one attached hydrogen (secondary N) is 1. The van der Waals surface area contributed by atoms with E-state index in [0.717, 1.165) is 22.3 Å². The van der Waals surface area contributed by atoms with Crippen molar-refractivity contribution in [2.45, 2.75) is 12.3 Å². The van der Waals surface area contributed by atoms with Crippen LogP contribution in [0.4, 0.5) is 10.5 Å². The fraction of sp³-hybridized carbons (Fsp3) is 0.160. The lowest BCUT2D eigenvalue weighted by atomic mass is 9.98. The summed E-state index contributed by atoms with van der Waals surface area (Å²) in [5.41, 5.74) is 4.63. The van der Waals surface area contributed by atoms with Crippen LogP contribution in [0.15, 0.2) is 66.7 Å². The topological polar surface area (TPSA) is 102 Å². The van der Waals surface area contributed by atoms with Crippen LogP contribution in [0.3, 0.4) is 0 Å². The lowest BCUT2D eigenvalue weighted by Gasteiger charge is -2.14. The van der Waals surface area contributed by atoms with Crippen LogP contribution in [-0.4, -0.2) is 29.3 Å². The second-order valence-corrected chi connectivity index (χ2v) is 7.26. The van der Waals surface area contributed by atoms with E-state index >= 15 is 0 Å². The minimum atomic E-state index is -0.552. The van der Waals surface area contributed by atoms with Gasteiger partial charge in [0, 0.05) is 31.0 Å². The molecule has 0 spiro atoms. The number of fused-ring (bicyclic) bond motifs is 3. The second kappa shape index (κ2) is 9.23. The average molecular weight is 428 g/mol. The van der Waals surface area contributed by atoms with Gasteiger partial charge in [0.1, 0.15) is 12.4 Å². The first-order valence-electron chi connectivity index (χ1n) is 10.1. The Labute approximate surface area is 184 Å². The number of nitrogens with zero attached hydrogens (tertiary/aromatic N) is 1. The number of hydrogen-bond donors (Lipinski definition) is 2. The summed E-state index contributed by atoms with van der Waals surface area (Å²) in [6, 6.07) is 19.9. The highest BCUT2D eigenvalue weighted by molar-refractivity contribution is 5.79. The van der Waals surface area contributed by atoms with Gasteiger partial charge in [-0.25, -0.2) is 4.79 Å². The Hall–Kier alpha value is -4.31. The lowest BCUT2D eigenvalue weighted by molar-refractivity contribution is -0.384. The first-order chi connectivity index (χ1) is 15.5. The molecule has 0 radical (unpaired) electrons. The molecular formula is C25H20N2O5. The minimum Gasteiger partial charge on any atom is -0.507 e. The van der Waals surface area contributed by atoms with Gasteiger partial charge in [-0.3, -0.25) is 10.1 Å². The van der Waals surface area contributed by atoms with Crippen LogP contribution in [0.2, 0.25) is 0 Å². The van der Waals surface area contributed by atoms with Gasteiger partial charge < -0.3 is 15.2 Å². The molecule has 7 nitrogen and oxygen atoms in total. The third-order valence-electron chi connectivity index (χ3n) is 5.28. The zero-order chi connectivity index (χ0) is 22.5.